The summed E-state index contributed by atoms with van der Waals surface area (Å²) < 4.78 is 0.929. The number of aromatic nitrogens is 1. The molecule has 2 heterocycles. The zero-order valence-electron chi connectivity index (χ0n) is 8.78. The van der Waals surface area contributed by atoms with Gasteiger partial charge in [0.05, 0.1) is 5.69 Å². The number of pyridine rings is 1. The van der Waals surface area contributed by atoms with Gasteiger partial charge in [0, 0.05) is 36.8 Å². The molecule has 82 valence electrons. The third-order valence-corrected chi connectivity index (χ3v) is 3.10. The van der Waals surface area contributed by atoms with Gasteiger partial charge >= 0.3 is 0 Å². The second-order valence-electron chi connectivity index (χ2n) is 3.86. The Kier molecular flexibility index (Phi) is 3.11. The van der Waals surface area contributed by atoms with Crippen LogP contribution < -0.4 is 10.6 Å². The molecule has 1 aromatic heterocycles. The maximum Gasteiger partial charge on any atom is 0.151 e. The van der Waals surface area contributed by atoms with Crippen LogP contribution in [0.15, 0.2) is 16.7 Å². The molecule has 0 unspecified atom stereocenters. The molecule has 1 aliphatic heterocycles. The van der Waals surface area contributed by atoms with Crippen molar-refractivity contribution in [3.63, 3.8) is 0 Å². The van der Waals surface area contributed by atoms with E-state index in [1.165, 1.54) is 0 Å². The Balaban J connectivity index is 2.15. The molecule has 2 rings (SSSR count). The Bertz CT molecular complexity index is 347. The predicted molar refractivity (Wildman–Crippen MR) is 66.1 cm³/mol. The lowest BCUT2D eigenvalue weighted by Gasteiger charge is -2.33. The quantitative estimate of drug-likeness (QED) is 0.833. The second kappa shape index (κ2) is 4.37. The number of halogens is 1. The summed E-state index contributed by atoms with van der Waals surface area (Å²) in [5.74, 6) is 0.909. The summed E-state index contributed by atoms with van der Waals surface area (Å²) >= 11 is 3.36. The number of piperazine rings is 1. The van der Waals surface area contributed by atoms with Gasteiger partial charge in [0.1, 0.15) is 0 Å². The fourth-order valence-electron chi connectivity index (χ4n) is 1.73. The van der Waals surface area contributed by atoms with E-state index < -0.39 is 0 Å². The van der Waals surface area contributed by atoms with Crippen molar-refractivity contribution in [1.82, 2.24) is 9.88 Å². The van der Waals surface area contributed by atoms with Crippen molar-refractivity contribution in [3.05, 3.63) is 16.7 Å². The Morgan fingerprint density at radius 1 is 1.33 bits per heavy atom. The standard InChI is InChI=1S/C10H15BrN4/c1-14-2-4-15(5-3-14)10-9(12)6-8(11)7-13-10/h6-7H,2-5,12H2,1H3. The molecule has 0 bridgehead atoms. The van der Waals surface area contributed by atoms with Crippen LogP contribution in [0.3, 0.4) is 0 Å². The number of rotatable bonds is 1. The molecular formula is C10H15BrN4. The van der Waals surface area contributed by atoms with E-state index in [-0.39, 0.29) is 0 Å². The van der Waals surface area contributed by atoms with E-state index in [2.05, 4.69) is 37.8 Å². The highest BCUT2D eigenvalue weighted by Crippen LogP contribution is 2.24. The topological polar surface area (TPSA) is 45.4 Å². The molecule has 0 aromatic carbocycles. The molecule has 4 nitrogen and oxygen atoms in total. The molecule has 0 atom stereocenters. The van der Waals surface area contributed by atoms with Crippen LogP contribution in [0.4, 0.5) is 11.5 Å². The van der Waals surface area contributed by atoms with E-state index in [1.807, 2.05) is 6.07 Å². The minimum atomic E-state index is 0.744. The van der Waals surface area contributed by atoms with Crippen molar-refractivity contribution in [1.29, 1.82) is 0 Å². The van der Waals surface area contributed by atoms with Gasteiger partial charge in [-0.15, -0.1) is 0 Å². The Labute approximate surface area is 98.2 Å². The van der Waals surface area contributed by atoms with E-state index in [1.54, 1.807) is 6.20 Å². The van der Waals surface area contributed by atoms with Crippen molar-refractivity contribution >= 4 is 27.4 Å². The summed E-state index contributed by atoms with van der Waals surface area (Å²) in [5, 5.41) is 0. The SMILES string of the molecule is CN1CCN(c2ncc(Br)cc2N)CC1. The van der Waals surface area contributed by atoms with Crippen LogP contribution in [0.25, 0.3) is 0 Å². The first-order chi connectivity index (χ1) is 7.16. The third-order valence-electron chi connectivity index (χ3n) is 2.66. The molecule has 0 amide bonds. The maximum atomic E-state index is 5.94. The Morgan fingerprint density at radius 2 is 2.00 bits per heavy atom. The van der Waals surface area contributed by atoms with Crippen LogP contribution in [0.1, 0.15) is 0 Å². The van der Waals surface area contributed by atoms with E-state index in [0.29, 0.717) is 0 Å². The van der Waals surface area contributed by atoms with Crippen molar-refractivity contribution in [2.24, 2.45) is 0 Å². The number of nitrogen functional groups attached to an aromatic ring is 1. The van der Waals surface area contributed by atoms with Crippen LogP contribution >= 0.6 is 15.9 Å². The molecule has 1 fully saturated rings. The predicted octanol–water partition coefficient (Wildman–Crippen LogP) is 1.18. The first kappa shape index (κ1) is 10.7. The van der Waals surface area contributed by atoms with Gasteiger partial charge in [0.25, 0.3) is 0 Å². The summed E-state index contributed by atoms with van der Waals surface area (Å²) in [6.07, 6.45) is 1.80. The fourth-order valence-corrected chi connectivity index (χ4v) is 2.08. The van der Waals surface area contributed by atoms with E-state index in [0.717, 1.165) is 42.2 Å². The zero-order chi connectivity index (χ0) is 10.8. The highest BCUT2D eigenvalue weighted by molar-refractivity contribution is 9.10. The van der Waals surface area contributed by atoms with Crippen LogP contribution in [-0.2, 0) is 0 Å². The van der Waals surface area contributed by atoms with Crippen molar-refractivity contribution in [2.75, 3.05) is 43.9 Å². The number of nitrogens with two attached hydrogens (primary N) is 1. The number of nitrogens with zero attached hydrogens (tertiary/aromatic N) is 3. The second-order valence-corrected chi connectivity index (χ2v) is 4.77. The summed E-state index contributed by atoms with van der Waals surface area (Å²) in [4.78, 5) is 8.91. The number of hydrogen-bond donors (Lipinski definition) is 1. The van der Waals surface area contributed by atoms with Gasteiger partial charge in [-0.25, -0.2) is 4.98 Å². The molecule has 1 aromatic rings. The normalized spacial score (nSPS) is 18.1. The summed E-state index contributed by atoms with van der Waals surface area (Å²) in [7, 11) is 2.13. The lowest BCUT2D eigenvalue weighted by Crippen LogP contribution is -2.45. The van der Waals surface area contributed by atoms with Gasteiger partial charge in [0.2, 0.25) is 0 Å². The molecule has 15 heavy (non-hydrogen) atoms. The molecule has 1 aliphatic rings. The molecule has 0 aliphatic carbocycles. The van der Waals surface area contributed by atoms with E-state index in [4.69, 9.17) is 5.73 Å². The maximum absolute atomic E-state index is 5.94. The van der Waals surface area contributed by atoms with Crippen LogP contribution in [0, 0.1) is 0 Å². The summed E-state index contributed by atoms with van der Waals surface area (Å²) in [5.41, 5.74) is 6.68. The number of anilines is 2. The molecule has 5 heteroatoms. The minimum absolute atomic E-state index is 0.744. The van der Waals surface area contributed by atoms with Crippen molar-refractivity contribution < 1.29 is 0 Å². The Hall–Kier alpha value is -0.810. The third kappa shape index (κ3) is 2.41. The van der Waals surface area contributed by atoms with Crippen molar-refractivity contribution in [3.8, 4) is 0 Å². The van der Waals surface area contributed by atoms with Crippen LogP contribution in [-0.4, -0.2) is 43.1 Å². The first-order valence-corrected chi connectivity index (χ1v) is 5.80. The largest absolute Gasteiger partial charge is 0.396 e. The summed E-state index contributed by atoms with van der Waals surface area (Å²) in [6.45, 7) is 4.12. The van der Waals surface area contributed by atoms with Gasteiger partial charge in [-0.05, 0) is 29.0 Å². The minimum Gasteiger partial charge on any atom is -0.396 e. The van der Waals surface area contributed by atoms with Crippen LogP contribution in [0.2, 0.25) is 0 Å². The number of hydrogen-bond acceptors (Lipinski definition) is 4. The van der Waals surface area contributed by atoms with Gasteiger partial charge in [-0.3, -0.25) is 0 Å². The highest BCUT2D eigenvalue weighted by Gasteiger charge is 2.17. The first-order valence-electron chi connectivity index (χ1n) is 5.01. The molecule has 0 radical (unpaired) electrons. The molecular weight excluding hydrogens is 256 g/mol. The number of likely N-dealkylation sites (N-methyl/N-ethyl adjacent to an activating group) is 1. The van der Waals surface area contributed by atoms with Crippen molar-refractivity contribution in [2.45, 2.75) is 0 Å². The fraction of sp³-hybridized carbons (Fsp3) is 0.500. The zero-order valence-corrected chi connectivity index (χ0v) is 10.4. The average Bonchev–Trinajstić information content (AvgIpc) is 2.20. The van der Waals surface area contributed by atoms with Gasteiger partial charge in [-0.2, -0.15) is 0 Å². The monoisotopic (exact) mass is 270 g/mol. The average molecular weight is 271 g/mol. The van der Waals surface area contributed by atoms with Gasteiger partial charge < -0.3 is 15.5 Å². The lowest BCUT2D eigenvalue weighted by atomic mass is 10.3. The molecule has 1 saturated heterocycles. The van der Waals surface area contributed by atoms with Crippen LogP contribution in [0.5, 0.6) is 0 Å². The smallest absolute Gasteiger partial charge is 0.151 e. The van der Waals surface area contributed by atoms with Gasteiger partial charge in [-0.1, -0.05) is 0 Å². The van der Waals surface area contributed by atoms with Gasteiger partial charge in [0.15, 0.2) is 5.82 Å². The molecule has 2 N–H and O–H groups in total. The van der Waals surface area contributed by atoms with E-state index >= 15 is 0 Å². The Morgan fingerprint density at radius 3 is 2.60 bits per heavy atom. The highest BCUT2D eigenvalue weighted by atomic mass is 79.9. The molecule has 0 spiro atoms. The lowest BCUT2D eigenvalue weighted by molar-refractivity contribution is 0.312. The summed E-state index contributed by atoms with van der Waals surface area (Å²) in [6, 6.07) is 1.90. The van der Waals surface area contributed by atoms with E-state index in [9.17, 15) is 0 Å². The molecule has 0 saturated carbocycles.